The third-order valence-corrected chi connectivity index (χ3v) is 3.90. The zero-order valence-electron chi connectivity index (χ0n) is 11.2. The highest BCUT2D eigenvalue weighted by atomic mass is 32.2. The van der Waals surface area contributed by atoms with Crippen LogP contribution < -0.4 is 11.2 Å². The average molecular weight is 320 g/mol. The molecule has 0 aliphatic rings. The Kier molecular flexibility index (Phi) is 4.54. The number of carbonyl (C=O) groups excluding carboxylic acids is 2. The highest BCUT2D eigenvalue weighted by molar-refractivity contribution is 7.86. The quantitative estimate of drug-likeness (QED) is 0.485. The third-order valence-electron chi connectivity index (χ3n) is 2.75. The van der Waals surface area contributed by atoms with E-state index in [2.05, 4.69) is 4.28 Å². The lowest BCUT2D eigenvalue weighted by atomic mass is 10.1. The molecule has 2 aromatic carbocycles. The Balaban J connectivity index is 2.10. The van der Waals surface area contributed by atoms with Gasteiger partial charge < -0.3 is 5.73 Å². The van der Waals surface area contributed by atoms with Gasteiger partial charge in [0.2, 0.25) is 0 Å². The van der Waals surface area contributed by atoms with Crippen LogP contribution in [0.25, 0.3) is 0 Å². The first kappa shape index (κ1) is 15.7. The molecule has 1 amide bonds. The third kappa shape index (κ3) is 3.48. The smallest absolute Gasteiger partial charge is 0.317 e. The summed E-state index contributed by atoms with van der Waals surface area (Å²) in [5.74, 6) is -0.802. The molecule has 0 heterocycles. The van der Waals surface area contributed by atoms with Crippen LogP contribution in [0.3, 0.4) is 0 Å². The molecule has 114 valence electrons. The van der Waals surface area contributed by atoms with Crippen molar-refractivity contribution in [3.8, 4) is 0 Å². The molecule has 3 N–H and O–H groups in total. The second-order valence-electron chi connectivity index (χ2n) is 4.24. The monoisotopic (exact) mass is 320 g/mol. The number of aldehydes is 1. The van der Waals surface area contributed by atoms with Crippen LogP contribution in [-0.2, 0) is 14.4 Å². The maximum absolute atomic E-state index is 11.8. The van der Waals surface area contributed by atoms with Crippen LogP contribution in [0.5, 0.6) is 0 Å². The van der Waals surface area contributed by atoms with Crippen molar-refractivity contribution in [3.63, 3.8) is 0 Å². The van der Waals surface area contributed by atoms with E-state index in [-0.39, 0.29) is 21.7 Å². The van der Waals surface area contributed by atoms with Crippen LogP contribution in [0, 0.1) is 0 Å². The summed E-state index contributed by atoms with van der Waals surface area (Å²) in [6, 6.07) is 11.3. The Morgan fingerprint density at radius 1 is 1.14 bits per heavy atom. The van der Waals surface area contributed by atoms with Crippen LogP contribution in [0.4, 0.5) is 5.69 Å². The number of hydroxylamine groups is 1. The molecule has 0 aliphatic heterocycles. The van der Waals surface area contributed by atoms with Crippen LogP contribution >= 0.6 is 0 Å². The SMILES string of the molecule is Nc1cc(C(=O)NOS(=O)(=O)c2ccccc2)ccc1C=O. The summed E-state index contributed by atoms with van der Waals surface area (Å²) >= 11 is 0. The number of amides is 1. The van der Waals surface area contributed by atoms with E-state index in [1.165, 1.54) is 42.5 Å². The number of nitrogens with two attached hydrogens (primary N) is 1. The van der Waals surface area contributed by atoms with E-state index in [9.17, 15) is 18.0 Å². The molecule has 2 aromatic rings. The molecule has 0 aromatic heterocycles. The van der Waals surface area contributed by atoms with E-state index in [0.717, 1.165) is 0 Å². The Morgan fingerprint density at radius 2 is 1.82 bits per heavy atom. The molecular weight excluding hydrogens is 308 g/mol. The summed E-state index contributed by atoms with van der Waals surface area (Å²) < 4.78 is 28.1. The fourth-order valence-corrected chi connectivity index (χ4v) is 2.38. The predicted octanol–water partition coefficient (Wildman–Crippen LogP) is 1.13. The standard InChI is InChI=1S/C14H12N2O5S/c15-13-8-10(6-7-11(13)9-17)14(18)16-21-22(19,20)12-4-2-1-3-5-12/h1-9H,15H2,(H,16,18). The maximum atomic E-state index is 11.8. The zero-order chi connectivity index (χ0) is 16.2. The van der Waals surface area contributed by atoms with Gasteiger partial charge in [-0.15, -0.1) is 4.28 Å². The Hall–Kier alpha value is -2.71. The molecule has 0 bridgehead atoms. The van der Waals surface area contributed by atoms with Gasteiger partial charge in [0.05, 0.1) is 4.90 Å². The van der Waals surface area contributed by atoms with Gasteiger partial charge in [0, 0.05) is 16.8 Å². The molecule has 22 heavy (non-hydrogen) atoms. The van der Waals surface area contributed by atoms with Gasteiger partial charge in [0.15, 0.2) is 6.29 Å². The van der Waals surface area contributed by atoms with Crippen molar-refractivity contribution in [3.05, 3.63) is 59.7 Å². The number of nitrogen functional groups attached to an aromatic ring is 1. The van der Waals surface area contributed by atoms with Gasteiger partial charge in [-0.3, -0.25) is 9.59 Å². The lowest BCUT2D eigenvalue weighted by molar-refractivity contribution is 0.0770. The summed E-state index contributed by atoms with van der Waals surface area (Å²) in [5, 5.41) is 0. The number of hydrogen-bond acceptors (Lipinski definition) is 6. The Bertz CT molecular complexity index is 803. The molecule has 0 fully saturated rings. The van der Waals surface area contributed by atoms with Crippen molar-refractivity contribution >= 4 is 28.0 Å². The molecular formula is C14H12N2O5S. The Morgan fingerprint density at radius 3 is 2.41 bits per heavy atom. The predicted molar refractivity (Wildman–Crippen MR) is 78.4 cm³/mol. The minimum absolute atomic E-state index is 0.0614. The summed E-state index contributed by atoms with van der Waals surface area (Å²) in [6.45, 7) is 0. The molecule has 0 spiro atoms. The second kappa shape index (κ2) is 6.37. The first-order valence-electron chi connectivity index (χ1n) is 6.07. The minimum Gasteiger partial charge on any atom is -0.398 e. The van der Waals surface area contributed by atoms with E-state index in [0.29, 0.717) is 6.29 Å². The Labute approximate surface area is 126 Å². The lowest BCUT2D eigenvalue weighted by Crippen LogP contribution is -2.27. The molecule has 0 unspecified atom stereocenters. The van der Waals surface area contributed by atoms with Gasteiger partial charge in [-0.05, 0) is 30.3 Å². The molecule has 0 saturated heterocycles. The first-order chi connectivity index (χ1) is 10.4. The largest absolute Gasteiger partial charge is 0.398 e. The molecule has 0 saturated carbocycles. The van der Waals surface area contributed by atoms with Crippen LogP contribution in [0.15, 0.2) is 53.4 Å². The maximum Gasteiger partial charge on any atom is 0.317 e. The van der Waals surface area contributed by atoms with Crippen molar-refractivity contribution < 1.29 is 22.3 Å². The van der Waals surface area contributed by atoms with E-state index in [1.807, 2.05) is 5.48 Å². The van der Waals surface area contributed by atoms with Crippen LogP contribution in [-0.4, -0.2) is 20.6 Å². The molecule has 0 radical (unpaired) electrons. The van der Waals surface area contributed by atoms with Crippen molar-refractivity contribution in [1.29, 1.82) is 0 Å². The highest BCUT2D eigenvalue weighted by Gasteiger charge is 2.17. The minimum atomic E-state index is -4.11. The van der Waals surface area contributed by atoms with Gasteiger partial charge in [-0.2, -0.15) is 8.42 Å². The van der Waals surface area contributed by atoms with Gasteiger partial charge >= 0.3 is 10.1 Å². The fourth-order valence-electron chi connectivity index (χ4n) is 1.61. The van der Waals surface area contributed by atoms with Crippen molar-refractivity contribution in [2.45, 2.75) is 4.90 Å². The summed E-state index contributed by atoms with van der Waals surface area (Å²) in [6.07, 6.45) is 0.549. The van der Waals surface area contributed by atoms with Crippen molar-refractivity contribution in [2.75, 3.05) is 5.73 Å². The zero-order valence-corrected chi connectivity index (χ0v) is 12.0. The number of carbonyl (C=O) groups is 2. The number of anilines is 1. The molecule has 0 aliphatic carbocycles. The number of benzene rings is 2. The van der Waals surface area contributed by atoms with Crippen molar-refractivity contribution in [2.24, 2.45) is 0 Å². The summed E-state index contributed by atoms with van der Waals surface area (Å²) in [7, 11) is -4.11. The van der Waals surface area contributed by atoms with Crippen LogP contribution in [0.1, 0.15) is 20.7 Å². The second-order valence-corrected chi connectivity index (χ2v) is 5.79. The summed E-state index contributed by atoms with van der Waals surface area (Å²) in [5.41, 5.74) is 7.80. The first-order valence-corrected chi connectivity index (χ1v) is 7.48. The fraction of sp³-hybridized carbons (Fsp3) is 0. The molecule has 8 heteroatoms. The highest BCUT2D eigenvalue weighted by Crippen LogP contribution is 2.13. The number of hydrogen-bond donors (Lipinski definition) is 2. The van der Waals surface area contributed by atoms with Gasteiger partial charge in [0.1, 0.15) is 0 Å². The number of nitrogens with one attached hydrogen (secondary N) is 1. The van der Waals surface area contributed by atoms with E-state index in [1.54, 1.807) is 6.07 Å². The molecule has 2 rings (SSSR count). The van der Waals surface area contributed by atoms with E-state index in [4.69, 9.17) is 5.73 Å². The van der Waals surface area contributed by atoms with E-state index >= 15 is 0 Å². The van der Waals surface area contributed by atoms with Gasteiger partial charge in [-0.1, -0.05) is 18.2 Å². The van der Waals surface area contributed by atoms with Crippen molar-refractivity contribution in [1.82, 2.24) is 5.48 Å². The van der Waals surface area contributed by atoms with E-state index < -0.39 is 16.0 Å². The average Bonchev–Trinajstić information content (AvgIpc) is 2.53. The normalized spacial score (nSPS) is 10.9. The number of rotatable bonds is 5. The lowest BCUT2D eigenvalue weighted by Gasteiger charge is -2.07. The molecule has 7 nitrogen and oxygen atoms in total. The summed E-state index contributed by atoms with van der Waals surface area (Å²) in [4.78, 5) is 22.4. The van der Waals surface area contributed by atoms with Crippen LogP contribution in [0.2, 0.25) is 0 Å². The van der Waals surface area contributed by atoms with Gasteiger partial charge in [0.25, 0.3) is 5.91 Å². The molecule has 0 atom stereocenters. The van der Waals surface area contributed by atoms with Gasteiger partial charge in [-0.25, -0.2) is 5.48 Å². The topological polar surface area (TPSA) is 116 Å².